The van der Waals surface area contributed by atoms with Crippen LogP contribution in [0.4, 0.5) is 5.69 Å². The van der Waals surface area contributed by atoms with Gasteiger partial charge in [0, 0.05) is 24.8 Å². The summed E-state index contributed by atoms with van der Waals surface area (Å²) in [6, 6.07) is 7.36. The number of hydrogen-bond donors (Lipinski definition) is 1. The van der Waals surface area contributed by atoms with Crippen LogP contribution in [0.3, 0.4) is 0 Å². The molecule has 0 aromatic heterocycles. The maximum absolute atomic E-state index is 3.56. The minimum Gasteiger partial charge on any atom is -0.371 e. The van der Waals surface area contributed by atoms with Crippen LogP contribution in [0.1, 0.15) is 30.9 Å². The minimum atomic E-state index is 0.723. The van der Waals surface area contributed by atoms with E-state index >= 15 is 0 Å². The quantitative estimate of drug-likeness (QED) is 0.862. The number of aryl methyl sites for hydroxylation is 1. The van der Waals surface area contributed by atoms with Crippen molar-refractivity contribution >= 4 is 5.69 Å². The molecular formula is C15H24N2. The Hall–Kier alpha value is -1.02. The molecular weight excluding hydrogens is 208 g/mol. The van der Waals surface area contributed by atoms with Gasteiger partial charge in [-0.05, 0) is 50.4 Å². The fraction of sp³-hybridized carbons (Fsp3) is 0.600. The summed E-state index contributed by atoms with van der Waals surface area (Å²) in [7, 11) is 0. The first-order valence-electron chi connectivity index (χ1n) is 6.77. The molecule has 1 N–H and O–H groups in total. The van der Waals surface area contributed by atoms with Crippen LogP contribution in [0, 0.1) is 13.8 Å². The molecule has 2 heteroatoms. The normalized spacial score (nSPS) is 17.5. The Morgan fingerprint density at radius 3 is 2.59 bits per heavy atom. The summed E-state index contributed by atoms with van der Waals surface area (Å²) in [4.78, 5) is 2.54. The van der Waals surface area contributed by atoms with E-state index in [4.69, 9.17) is 0 Å². The Morgan fingerprint density at radius 1 is 1.24 bits per heavy atom. The van der Waals surface area contributed by atoms with Crippen LogP contribution in [0.15, 0.2) is 18.2 Å². The Balaban J connectivity index is 2.03. The summed E-state index contributed by atoms with van der Waals surface area (Å²) >= 11 is 0. The van der Waals surface area contributed by atoms with E-state index in [9.17, 15) is 0 Å². The number of nitrogens with one attached hydrogen (secondary N) is 1. The van der Waals surface area contributed by atoms with E-state index in [0.717, 1.165) is 12.6 Å². The smallest absolute Gasteiger partial charge is 0.0398 e. The van der Waals surface area contributed by atoms with E-state index in [1.165, 1.54) is 42.7 Å². The molecule has 1 aromatic carbocycles. The third-order valence-corrected chi connectivity index (χ3v) is 3.90. The van der Waals surface area contributed by atoms with Gasteiger partial charge in [0.15, 0.2) is 0 Å². The van der Waals surface area contributed by atoms with E-state index in [2.05, 4.69) is 49.2 Å². The Labute approximate surface area is 105 Å². The van der Waals surface area contributed by atoms with Crippen LogP contribution in [-0.4, -0.2) is 25.7 Å². The third kappa shape index (κ3) is 2.81. The highest BCUT2D eigenvalue weighted by Gasteiger charge is 2.19. The van der Waals surface area contributed by atoms with Gasteiger partial charge < -0.3 is 10.2 Å². The molecule has 1 heterocycles. The molecule has 0 spiro atoms. The second-order valence-electron chi connectivity index (χ2n) is 5.04. The molecule has 0 saturated carbocycles. The van der Waals surface area contributed by atoms with Gasteiger partial charge in [0.25, 0.3) is 0 Å². The lowest BCUT2D eigenvalue weighted by Crippen LogP contribution is -2.42. The summed E-state index contributed by atoms with van der Waals surface area (Å²) in [5.74, 6) is 0. The largest absolute Gasteiger partial charge is 0.371 e. The summed E-state index contributed by atoms with van der Waals surface area (Å²) < 4.78 is 0. The molecule has 94 valence electrons. The van der Waals surface area contributed by atoms with Crippen LogP contribution < -0.4 is 10.2 Å². The fourth-order valence-corrected chi connectivity index (χ4v) is 2.69. The molecule has 1 aliphatic rings. The first-order valence-corrected chi connectivity index (χ1v) is 6.77. The van der Waals surface area contributed by atoms with Gasteiger partial charge >= 0.3 is 0 Å². The van der Waals surface area contributed by atoms with Crippen LogP contribution in [0.2, 0.25) is 0 Å². The average molecular weight is 232 g/mol. The number of rotatable bonds is 3. The fourth-order valence-electron chi connectivity index (χ4n) is 2.69. The molecule has 0 radical (unpaired) electrons. The number of anilines is 1. The molecule has 2 nitrogen and oxygen atoms in total. The Kier molecular flexibility index (Phi) is 4.06. The van der Waals surface area contributed by atoms with E-state index in [0.29, 0.717) is 0 Å². The molecule has 1 saturated heterocycles. The number of piperidine rings is 1. The lowest BCUT2D eigenvalue weighted by Gasteiger charge is -2.35. The predicted molar refractivity (Wildman–Crippen MR) is 74.8 cm³/mol. The second-order valence-corrected chi connectivity index (χ2v) is 5.04. The van der Waals surface area contributed by atoms with Gasteiger partial charge in [-0.3, -0.25) is 0 Å². The minimum absolute atomic E-state index is 0.723. The molecule has 0 atom stereocenters. The van der Waals surface area contributed by atoms with Gasteiger partial charge in [-0.1, -0.05) is 19.1 Å². The molecule has 17 heavy (non-hydrogen) atoms. The van der Waals surface area contributed by atoms with Crippen molar-refractivity contribution in [2.75, 3.05) is 24.5 Å². The van der Waals surface area contributed by atoms with Crippen molar-refractivity contribution in [1.29, 1.82) is 0 Å². The van der Waals surface area contributed by atoms with Crippen molar-refractivity contribution < 1.29 is 0 Å². The van der Waals surface area contributed by atoms with E-state index in [1.807, 2.05) is 0 Å². The monoisotopic (exact) mass is 232 g/mol. The summed E-state index contributed by atoms with van der Waals surface area (Å²) in [5.41, 5.74) is 4.27. The standard InChI is InChI=1S/C15H24N2/c1-4-16-14-8-10-17(11-9-14)15-7-5-6-12(2)13(15)3/h5-7,14,16H,4,8-11H2,1-3H3. The zero-order chi connectivity index (χ0) is 12.3. The van der Waals surface area contributed by atoms with Gasteiger partial charge in [0.1, 0.15) is 0 Å². The third-order valence-electron chi connectivity index (χ3n) is 3.90. The van der Waals surface area contributed by atoms with Crippen molar-refractivity contribution in [3.8, 4) is 0 Å². The zero-order valence-electron chi connectivity index (χ0n) is 11.3. The van der Waals surface area contributed by atoms with Gasteiger partial charge in [0.05, 0.1) is 0 Å². The summed E-state index contributed by atoms with van der Waals surface area (Å²) in [5, 5.41) is 3.56. The molecule has 2 rings (SSSR count). The van der Waals surface area contributed by atoms with E-state index < -0.39 is 0 Å². The first-order chi connectivity index (χ1) is 8.22. The first kappa shape index (κ1) is 12.4. The van der Waals surface area contributed by atoms with Gasteiger partial charge in [0.2, 0.25) is 0 Å². The molecule has 0 unspecified atom stereocenters. The topological polar surface area (TPSA) is 15.3 Å². The maximum Gasteiger partial charge on any atom is 0.0398 e. The summed E-state index contributed by atoms with van der Waals surface area (Å²) in [6.07, 6.45) is 2.53. The SMILES string of the molecule is CCNC1CCN(c2cccc(C)c2C)CC1. The number of nitrogens with zero attached hydrogens (tertiary/aromatic N) is 1. The summed E-state index contributed by atoms with van der Waals surface area (Å²) in [6.45, 7) is 10.1. The lowest BCUT2D eigenvalue weighted by molar-refractivity contribution is 0.423. The van der Waals surface area contributed by atoms with Crippen LogP contribution in [-0.2, 0) is 0 Å². The van der Waals surface area contributed by atoms with Crippen molar-refractivity contribution in [1.82, 2.24) is 5.32 Å². The Bertz CT molecular complexity index is 365. The van der Waals surface area contributed by atoms with E-state index in [-0.39, 0.29) is 0 Å². The van der Waals surface area contributed by atoms with Crippen LogP contribution in [0.25, 0.3) is 0 Å². The van der Waals surface area contributed by atoms with Gasteiger partial charge in [-0.15, -0.1) is 0 Å². The molecule has 1 aromatic rings. The zero-order valence-corrected chi connectivity index (χ0v) is 11.3. The maximum atomic E-state index is 3.56. The molecule has 0 aliphatic carbocycles. The highest BCUT2D eigenvalue weighted by molar-refractivity contribution is 5.56. The van der Waals surface area contributed by atoms with Crippen LogP contribution in [0.5, 0.6) is 0 Å². The highest BCUT2D eigenvalue weighted by atomic mass is 15.1. The van der Waals surface area contributed by atoms with Crippen molar-refractivity contribution in [2.24, 2.45) is 0 Å². The Morgan fingerprint density at radius 2 is 1.94 bits per heavy atom. The van der Waals surface area contributed by atoms with Gasteiger partial charge in [-0.2, -0.15) is 0 Å². The number of hydrogen-bond acceptors (Lipinski definition) is 2. The second kappa shape index (κ2) is 5.54. The molecule has 1 aliphatic heterocycles. The van der Waals surface area contributed by atoms with E-state index in [1.54, 1.807) is 0 Å². The number of benzene rings is 1. The average Bonchev–Trinajstić information content (AvgIpc) is 2.34. The van der Waals surface area contributed by atoms with Gasteiger partial charge in [-0.25, -0.2) is 0 Å². The van der Waals surface area contributed by atoms with Crippen molar-refractivity contribution in [2.45, 2.75) is 39.7 Å². The highest BCUT2D eigenvalue weighted by Crippen LogP contribution is 2.25. The van der Waals surface area contributed by atoms with Crippen molar-refractivity contribution in [3.05, 3.63) is 29.3 Å². The predicted octanol–water partition coefficient (Wildman–Crippen LogP) is 2.88. The van der Waals surface area contributed by atoms with Crippen LogP contribution >= 0.6 is 0 Å². The molecule has 0 amide bonds. The lowest BCUT2D eigenvalue weighted by atomic mass is 10.0. The van der Waals surface area contributed by atoms with Crippen molar-refractivity contribution in [3.63, 3.8) is 0 Å². The molecule has 0 bridgehead atoms. The molecule has 1 fully saturated rings.